The number of rotatable bonds is 6. The summed E-state index contributed by atoms with van der Waals surface area (Å²) in [5.41, 5.74) is 43.3. The van der Waals surface area contributed by atoms with E-state index in [0.717, 1.165) is 105 Å². The van der Waals surface area contributed by atoms with Gasteiger partial charge in [0.2, 0.25) is 0 Å². The highest BCUT2D eigenvalue weighted by Crippen LogP contribution is 2.74. The monoisotopic (exact) mass is 1850 g/mol. The second kappa shape index (κ2) is 29.5. The summed E-state index contributed by atoms with van der Waals surface area (Å²) in [7, 11) is 0. The van der Waals surface area contributed by atoms with Gasteiger partial charge in [-0.15, -0.1) is 0 Å². The molecule has 6 nitrogen and oxygen atoms in total. The first-order valence-electron chi connectivity index (χ1n) is 53.8. The summed E-state index contributed by atoms with van der Waals surface area (Å²) in [5, 5.41) is 14.8. The van der Waals surface area contributed by atoms with Crippen molar-refractivity contribution in [1.29, 1.82) is 0 Å². The van der Waals surface area contributed by atoms with Crippen molar-refractivity contribution in [3.05, 3.63) is 416 Å². The van der Waals surface area contributed by atoms with Crippen LogP contribution in [0.3, 0.4) is 0 Å². The molecule has 0 aliphatic heterocycles. The number of hydrogen-bond donors (Lipinski definition) is 0. The lowest BCUT2D eigenvalue weighted by atomic mass is 9.43. The molecule has 15 aliphatic rings. The van der Waals surface area contributed by atoms with E-state index in [1.165, 1.54) is 278 Å². The van der Waals surface area contributed by atoms with Crippen molar-refractivity contribution in [1.82, 2.24) is 13.7 Å². The molecule has 0 saturated heterocycles. The van der Waals surface area contributed by atoms with Gasteiger partial charge in [0.15, 0.2) is 0 Å². The summed E-state index contributed by atoms with van der Waals surface area (Å²) in [6, 6.07) is 144. The van der Waals surface area contributed by atoms with Gasteiger partial charge in [-0.05, 0) is 395 Å². The van der Waals surface area contributed by atoms with E-state index in [1.807, 2.05) is 12.1 Å². The number of aromatic nitrogens is 3. The lowest BCUT2D eigenvalue weighted by Gasteiger charge is -2.61. The van der Waals surface area contributed by atoms with Crippen LogP contribution in [0.2, 0.25) is 0 Å². The molecular weight excluding hydrogens is 1750 g/mol. The molecule has 0 radical (unpaired) electrons. The minimum Gasteiger partial charge on any atom is -0.456 e. The normalized spacial score (nSPS) is 25.2. The van der Waals surface area contributed by atoms with Crippen molar-refractivity contribution in [2.45, 2.75) is 113 Å². The molecule has 24 aromatic rings. The minimum absolute atomic E-state index is 0.192. The van der Waals surface area contributed by atoms with Gasteiger partial charge in [0.1, 0.15) is 33.5 Å². The molecule has 690 valence electrons. The molecule has 0 atom stereocenters. The van der Waals surface area contributed by atoms with Gasteiger partial charge in [0.25, 0.3) is 0 Å². The van der Waals surface area contributed by atoms with Crippen LogP contribution in [0.25, 0.3) is 215 Å². The molecule has 12 saturated carbocycles. The van der Waals surface area contributed by atoms with E-state index in [1.54, 1.807) is 33.4 Å². The Bertz CT molecular complexity index is 9620. The molecule has 6 heterocycles. The quantitative estimate of drug-likeness (QED) is 0.167. The Balaban J connectivity index is 0.0000000932. The number of hydrogen-bond acceptors (Lipinski definition) is 3. The fourth-order valence-electron chi connectivity index (χ4n) is 35.0. The Hall–Kier alpha value is -15.2. The third-order valence-electron chi connectivity index (χ3n) is 39.5. The van der Waals surface area contributed by atoms with Crippen molar-refractivity contribution >= 4 is 131 Å². The second-order valence-electron chi connectivity index (χ2n) is 46.0. The summed E-state index contributed by atoms with van der Waals surface area (Å²) in [6.07, 6.45) is 21.4. The highest BCUT2D eigenvalue weighted by atomic mass is 16.3. The van der Waals surface area contributed by atoms with Crippen LogP contribution in [-0.2, 0) is 16.2 Å². The van der Waals surface area contributed by atoms with Crippen LogP contribution in [-0.4, -0.2) is 13.7 Å². The third-order valence-corrected chi connectivity index (χ3v) is 39.5. The van der Waals surface area contributed by atoms with Gasteiger partial charge in [-0.2, -0.15) is 0 Å². The Kier molecular flexibility index (Phi) is 16.5. The SMILES string of the molecule is c1ccc2c(c1)-c1cc(-n3c4ccccc4c4cc(-c5ccc6c(c5)oc5ccccc56)ccc43)ccc1C21C2CC3CC(C2)CC1C3.c1ccc2c(c1)-c1cc(-n3c4ccccc4c4ccc(-c5ccc6oc7ccccc7c6c5)cc43)ccc1C21C2CC3CC(C2)CC1C3.c1ccc2c(c1)-c1cc(-n3c4ccccc4c4ccc(-c5cccc6oc7ccccc7c56)cc43)ccc1C21C2CC3CC(C2)CC1C3. The number of para-hydroxylation sites is 6. The first-order chi connectivity index (χ1) is 71.2. The van der Waals surface area contributed by atoms with Gasteiger partial charge in [-0.25, -0.2) is 0 Å². The Morgan fingerprint density at radius 2 is 0.458 bits per heavy atom. The van der Waals surface area contributed by atoms with Crippen molar-refractivity contribution < 1.29 is 13.3 Å². The lowest BCUT2D eigenvalue weighted by molar-refractivity contribution is -0.0399. The molecule has 6 heteroatoms. The Labute approximate surface area is 835 Å². The van der Waals surface area contributed by atoms with Crippen LogP contribution >= 0.6 is 0 Å². The first-order valence-corrected chi connectivity index (χ1v) is 53.8. The predicted octanol–water partition coefficient (Wildman–Crippen LogP) is 36.2. The molecule has 12 fully saturated rings. The second-order valence-corrected chi connectivity index (χ2v) is 46.0. The van der Waals surface area contributed by atoms with E-state index in [0.29, 0.717) is 0 Å². The minimum atomic E-state index is 0.192. The smallest absolute Gasteiger partial charge is 0.136 e. The van der Waals surface area contributed by atoms with E-state index in [4.69, 9.17) is 13.3 Å². The Morgan fingerprint density at radius 3 is 0.938 bits per heavy atom. The van der Waals surface area contributed by atoms with Crippen molar-refractivity contribution in [3.63, 3.8) is 0 Å². The summed E-state index contributed by atoms with van der Waals surface area (Å²) in [6.45, 7) is 0. The van der Waals surface area contributed by atoms with Gasteiger partial charge >= 0.3 is 0 Å². The van der Waals surface area contributed by atoms with Gasteiger partial charge < -0.3 is 27.0 Å². The zero-order valence-electron chi connectivity index (χ0n) is 80.5. The summed E-state index contributed by atoms with van der Waals surface area (Å²) < 4.78 is 26.3. The van der Waals surface area contributed by atoms with E-state index in [9.17, 15) is 0 Å². The van der Waals surface area contributed by atoms with Crippen LogP contribution in [0.5, 0.6) is 0 Å². The van der Waals surface area contributed by atoms with Crippen molar-refractivity contribution in [2.75, 3.05) is 0 Å². The first kappa shape index (κ1) is 80.3. The summed E-state index contributed by atoms with van der Waals surface area (Å²) >= 11 is 0. The average molecular weight is 1850 g/mol. The van der Waals surface area contributed by atoms with Crippen molar-refractivity contribution in [2.24, 2.45) is 71.0 Å². The number of furan rings is 3. The molecule has 6 aromatic heterocycles. The molecule has 15 aliphatic carbocycles. The third kappa shape index (κ3) is 10.9. The largest absolute Gasteiger partial charge is 0.456 e. The van der Waals surface area contributed by atoms with E-state index in [-0.39, 0.29) is 16.2 Å². The van der Waals surface area contributed by atoms with E-state index < -0.39 is 0 Å². The van der Waals surface area contributed by atoms with E-state index >= 15 is 0 Å². The number of fused-ring (bicyclic) bond motifs is 27. The molecule has 3 spiro atoms. The van der Waals surface area contributed by atoms with Gasteiger partial charge in [-0.3, -0.25) is 0 Å². The number of nitrogens with zero attached hydrogens (tertiary/aromatic N) is 3. The topological polar surface area (TPSA) is 54.2 Å². The molecule has 18 aromatic carbocycles. The zero-order chi connectivity index (χ0) is 93.4. The Morgan fingerprint density at radius 1 is 0.167 bits per heavy atom. The maximum absolute atomic E-state index is 6.29. The van der Waals surface area contributed by atoms with Crippen molar-refractivity contribution in [3.8, 4) is 83.8 Å². The zero-order valence-corrected chi connectivity index (χ0v) is 80.5. The van der Waals surface area contributed by atoms with Gasteiger partial charge in [-0.1, -0.05) is 255 Å². The molecule has 0 unspecified atom stereocenters. The molecule has 144 heavy (non-hydrogen) atoms. The summed E-state index contributed by atoms with van der Waals surface area (Å²) in [5.74, 6) is 10.4. The molecule has 0 amide bonds. The van der Waals surface area contributed by atoms with Gasteiger partial charge in [0.05, 0.1) is 33.1 Å². The standard InChI is InChI=1S/3C46H35NO/c1-4-12-39-34(8-1)38-26-32(17-19-40(38)46(39)30-21-27-20-28(23-30)24-31(46)22-27)47-41-13-5-2-9-35(41)36-18-16-29(25-42(36)47)33-11-7-15-44-45(33)37-10-3-6-14-43(37)48-44;1-4-10-40-34(7-1)38-26-33(15-17-41(38)46(40)31-20-27-19-28(22-31)23-32(46)21-27)47-42-11-5-2-8-35(42)36-16-13-30(25-43(36)47)29-14-18-45-39(24-29)37-9-3-6-12-44(37)48-45;1-4-10-40-34(7-1)38-26-33(15-17-41(38)46(40)31-20-27-19-28(22-31)23-32(46)21-27)47-42-11-5-2-8-35(42)39-24-29(14-18-43(39)47)30-13-16-37-36-9-3-6-12-44(36)48-45(37)25-30/h1-19,25-28,30-31H,20-24H2;2*1-18,24-28,31-32H,19-23H2. The highest BCUT2D eigenvalue weighted by Gasteiger charge is 2.65. The highest BCUT2D eigenvalue weighted by molar-refractivity contribution is 6.17. The molecule has 0 N–H and O–H groups in total. The fraction of sp³-hybridized carbons (Fsp3) is 0.217. The maximum atomic E-state index is 6.29. The van der Waals surface area contributed by atoms with Crippen LogP contribution < -0.4 is 0 Å². The number of benzene rings is 18. The van der Waals surface area contributed by atoms with Crippen LogP contribution in [0.4, 0.5) is 0 Å². The van der Waals surface area contributed by atoms with Crippen LogP contribution in [0.1, 0.15) is 130 Å². The molecule has 39 rings (SSSR count). The van der Waals surface area contributed by atoms with Gasteiger partial charge in [0, 0.05) is 97.9 Å². The molecule has 12 bridgehead atoms. The van der Waals surface area contributed by atoms with Crippen LogP contribution in [0, 0.1) is 71.0 Å². The maximum Gasteiger partial charge on any atom is 0.136 e. The molecular formula is C138H105N3O3. The summed E-state index contributed by atoms with van der Waals surface area (Å²) in [4.78, 5) is 0. The lowest BCUT2D eigenvalue weighted by Crippen LogP contribution is -2.55. The van der Waals surface area contributed by atoms with Crippen LogP contribution in [0.15, 0.2) is 395 Å². The average Bonchev–Trinajstić information content (AvgIpc) is 1.49. The predicted molar refractivity (Wildman–Crippen MR) is 590 cm³/mol. The fourth-order valence-corrected chi connectivity index (χ4v) is 35.0. The van der Waals surface area contributed by atoms with E-state index in [2.05, 4.69) is 384 Å².